The van der Waals surface area contributed by atoms with Crippen LogP contribution in [0.4, 0.5) is 0 Å². The van der Waals surface area contributed by atoms with E-state index in [0.29, 0.717) is 0 Å². The van der Waals surface area contributed by atoms with Crippen LogP contribution in [0, 0.1) is 47.7 Å². The molecule has 0 heterocycles. The minimum atomic E-state index is -2.72. The summed E-state index contributed by atoms with van der Waals surface area (Å²) in [5.41, 5.74) is 0. The van der Waals surface area contributed by atoms with Crippen molar-refractivity contribution in [1.29, 1.82) is 0 Å². The Morgan fingerprint density at radius 1 is 1.40 bits per heavy atom. The summed E-state index contributed by atoms with van der Waals surface area (Å²) < 4.78 is 0. The summed E-state index contributed by atoms with van der Waals surface area (Å²) >= 11 is 0. The Bertz CT molecular complexity index is 120. The van der Waals surface area contributed by atoms with Gasteiger partial charge in [-0.2, -0.15) is 13.8 Å². The molecule has 3 nitrogen and oxygen atoms in total. The van der Waals surface area contributed by atoms with Gasteiger partial charge >= 0.3 is 41.7 Å². The minimum absolute atomic E-state index is 0. The standard InChI is InChI=1S/C6H9O3.Ce/c1-4(2)6(8,9)5(3)7;/h1-3H3;/q-3;+3. The van der Waals surface area contributed by atoms with E-state index in [2.05, 4.69) is 0 Å². The largest absolute Gasteiger partial charge is 3.00 e. The van der Waals surface area contributed by atoms with Gasteiger partial charge in [0.05, 0.1) is 5.78 Å². The molecule has 0 atom stereocenters. The van der Waals surface area contributed by atoms with Crippen molar-refractivity contribution in [2.45, 2.75) is 26.6 Å². The van der Waals surface area contributed by atoms with E-state index in [4.69, 9.17) is 0 Å². The van der Waals surface area contributed by atoms with Crippen LogP contribution in [0.1, 0.15) is 20.8 Å². The average Bonchev–Trinajstić information content (AvgIpc) is 1.65. The summed E-state index contributed by atoms with van der Waals surface area (Å²) in [6, 6.07) is 0. The maximum Gasteiger partial charge on any atom is 3.00 e. The van der Waals surface area contributed by atoms with Gasteiger partial charge in [0, 0.05) is 0 Å². The fraction of sp³-hybridized carbons (Fsp3) is 0.667. The maximum atomic E-state index is 10.6. The van der Waals surface area contributed by atoms with Crippen molar-refractivity contribution in [3.05, 3.63) is 5.92 Å². The summed E-state index contributed by atoms with van der Waals surface area (Å²) in [7, 11) is 0. The fourth-order valence-electron chi connectivity index (χ4n) is 0.352. The van der Waals surface area contributed by atoms with Gasteiger partial charge in [0.2, 0.25) is 0 Å². The Labute approximate surface area is 94.2 Å². The molecule has 0 saturated heterocycles. The van der Waals surface area contributed by atoms with Crippen LogP contribution in [0.2, 0.25) is 0 Å². The quantitative estimate of drug-likeness (QED) is 0.458. The number of carbonyl (C=O) groups excluding carboxylic acids is 1. The third-order valence-corrected chi connectivity index (χ3v) is 1.12. The summed E-state index contributed by atoms with van der Waals surface area (Å²) in [5.74, 6) is -3.53. The van der Waals surface area contributed by atoms with Gasteiger partial charge in [0.15, 0.2) is 0 Å². The van der Waals surface area contributed by atoms with Crippen molar-refractivity contribution in [3.63, 3.8) is 0 Å². The number of Topliss-reactive ketones (excluding diaryl/α,β-unsaturated/α-hetero) is 1. The van der Waals surface area contributed by atoms with Crippen LogP contribution in [0.5, 0.6) is 0 Å². The SMILES string of the molecule is CC(=O)C([O-])([O-])[C-](C)C.[Ce+3]. The summed E-state index contributed by atoms with van der Waals surface area (Å²) in [6.45, 7) is 3.73. The van der Waals surface area contributed by atoms with E-state index in [-0.39, 0.29) is 47.7 Å². The Kier molecular flexibility index (Phi) is 6.46. The van der Waals surface area contributed by atoms with Crippen LogP contribution < -0.4 is 10.2 Å². The Hall–Kier alpha value is 0.967. The van der Waals surface area contributed by atoms with Crippen LogP contribution in [-0.2, 0) is 4.79 Å². The first-order valence-corrected chi connectivity index (χ1v) is 2.61. The summed E-state index contributed by atoms with van der Waals surface area (Å²) in [4.78, 5) is 10.3. The molecule has 0 rings (SSSR count). The van der Waals surface area contributed by atoms with Gasteiger partial charge in [-0.05, 0) is 6.92 Å². The molecular formula is C6H9CeO3. The molecule has 4 heteroatoms. The van der Waals surface area contributed by atoms with Crippen molar-refractivity contribution in [2.75, 3.05) is 0 Å². The Balaban J connectivity index is 0. The maximum absolute atomic E-state index is 10.6. The Morgan fingerprint density at radius 3 is 1.70 bits per heavy atom. The predicted octanol–water partition coefficient (Wildman–Crippen LogP) is -1.39. The van der Waals surface area contributed by atoms with Gasteiger partial charge in [-0.1, -0.05) is 0 Å². The van der Waals surface area contributed by atoms with E-state index in [1.165, 1.54) is 13.8 Å². The van der Waals surface area contributed by atoms with Crippen molar-refractivity contribution in [2.24, 2.45) is 0 Å². The number of hydrogen-bond acceptors (Lipinski definition) is 3. The summed E-state index contributed by atoms with van der Waals surface area (Å²) in [5, 5.41) is 21.1. The van der Waals surface area contributed by atoms with Gasteiger partial charge in [-0.25, -0.2) is 0 Å². The molecule has 0 aliphatic rings. The number of hydrogen-bond donors (Lipinski definition) is 0. The average molecular weight is 269 g/mol. The van der Waals surface area contributed by atoms with Gasteiger partial charge in [-0.15, -0.1) is 0 Å². The topological polar surface area (TPSA) is 63.2 Å². The molecule has 1 radical (unpaired) electrons. The molecular weight excluding hydrogens is 260 g/mol. The fourth-order valence-corrected chi connectivity index (χ4v) is 0.352. The zero-order valence-corrected chi connectivity index (χ0v) is 9.36. The van der Waals surface area contributed by atoms with Gasteiger partial charge in [-0.3, -0.25) is 5.79 Å². The first kappa shape index (κ1) is 13.5. The second kappa shape index (κ2) is 4.77. The molecule has 0 spiro atoms. The zero-order chi connectivity index (χ0) is 7.65. The smallest absolute Gasteiger partial charge is 0.881 e. The molecule has 0 saturated carbocycles. The van der Waals surface area contributed by atoms with Gasteiger partial charge in [0.1, 0.15) is 0 Å². The van der Waals surface area contributed by atoms with Crippen LogP contribution in [0.3, 0.4) is 0 Å². The van der Waals surface area contributed by atoms with E-state index in [1.807, 2.05) is 0 Å². The molecule has 0 aromatic heterocycles. The zero-order valence-electron chi connectivity index (χ0n) is 6.22. The predicted molar refractivity (Wildman–Crippen MR) is 28.0 cm³/mol. The van der Waals surface area contributed by atoms with E-state index in [0.717, 1.165) is 6.92 Å². The van der Waals surface area contributed by atoms with E-state index in [9.17, 15) is 15.0 Å². The monoisotopic (exact) mass is 269 g/mol. The van der Waals surface area contributed by atoms with Crippen LogP contribution in [0.25, 0.3) is 0 Å². The number of rotatable bonds is 2. The van der Waals surface area contributed by atoms with Gasteiger partial charge in [0.25, 0.3) is 0 Å². The molecule has 10 heavy (non-hydrogen) atoms. The molecule has 0 fully saturated rings. The van der Waals surface area contributed by atoms with Crippen molar-refractivity contribution < 1.29 is 56.8 Å². The van der Waals surface area contributed by atoms with Crippen LogP contribution in [-0.4, -0.2) is 11.6 Å². The molecule has 0 bridgehead atoms. The van der Waals surface area contributed by atoms with Crippen molar-refractivity contribution >= 4 is 5.78 Å². The second-order valence-corrected chi connectivity index (χ2v) is 2.17. The minimum Gasteiger partial charge on any atom is -0.881 e. The molecule has 0 aliphatic heterocycles. The van der Waals surface area contributed by atoms with Crippen LogP contribution >= 0.6 is 0 Å². The third kappa shape index (κ3) is 3.38. The Morgan fingerprint density at radius 2 is 1.70 bits per heavy atom. The first-order valence-electron chi connectivity index (χ1n) is 2.61. The van der Waals surface area contributed by atoms with Crippen molar-refractivity contribution in [3.8, 4) is 0 Å². The number of carbonyl (C=O) groups is 1. The van der Waals surface area contributed by atoms with E-state index < -0.39 is 11.6 Å². The molecule has 0 aromatic carbocycles. The van der Waals surface area contributed by atoms with E-state index in [1.54, 1.807) is 0 Å². The first-order chi connectivity index (χ1) is 3.89. The third-order valence-electron chi connectivity index (χ3n) is 1.12. The van der Waals surface area contributed by atoms with E-state index >= 15 is 0 Å². The second-order valence-electron chi connectivity index (χ2n) is 2.17. The summed E-state index contributed by atoms with van der Waals surface area (Å²) in [6.07, 6.45) is 0. The molecule has 0 unspecified atom stereocenters. The molecule has 0 N–H and O–H groups in total. The van der Waals surface area contributed by atoms with Crippen molar-refractivity contribution in [1.82, 2.24) is 0 Å². The molecule has 55 valence electrons. The van der Waals surface area contributed by atoms with Crippen LogP contribution in [0.15, 0.2) is 0 Å². The molecule has 0 aromatic rings. The normalized spacial score (nSPS) is 11.0. The number of ketones is 1. The molecule has 0 amide bonds. The molecule has 0 aliphatic carbocycles. The van der Waals surface area contributed by atoms with Gasteiger partial charge < -0.3 is 20.9 Å².